The van der Waals surface area contributed by atoms with E-state index in [0.29, 0.717) is 5.57 Å². The van der Waals surface area contributed by atoms with Crippen LogP contribution in [0, 0.1) is 6.20 Å². The monoisotopic (exact) mass is 292 g/mol. The first kappa shape index (κ1) is 14.9. The average Bonchev–Trinajstić information content (AvgIpc) is 2.06. The van der Waals surface area contributed by atoms with Gasteiger partial charge in [0.05, 0.1) is 0 Å². The fourth-order valence-electron chi connectivity index (χ4n) is 1.13. The number of hydrazine groups is 1. The van der Waals surface area contributed by atoms with Gasteiger partial charge in [0.25, 0.3) is 0 Å². The maximum absolute atomic E-state index is 12.5. The van der Waals surface area contributed by atoms with Crippen LogP contribution in [0.4, 0.5) is 13.2 Å². The molecular formula is C9H10F3N2Y-. The van der Waals surface area contributed by atoms with Crippen molar-refractivity contribution in [2.75, 3.05) is 7.05 Å². The Balaban J connectivity index is 0.00000196. The predicted molar refractivity (Wildman–Crippen MR) is 46.6 cm³/mol. The third kappa shape index (κ3) is 3.43. The summed E-state index contributed by atoms with van der Waals surface area (Å²) in [7, 11) is 1.50. The number of nitrogens with one attached hydrogen (secondary N) is 1. The Hall–Kier alpha value is -0.126. The molecule has 1 heterocycles. The molecule has 1 N–H and O–H groups in total. The molecule has 1 aliphatic heterocycles. The van der Waals surface area contributed by atoms with Gasteiger partial charge in [-0.15, -0.1) is 12.2 Å². The maximum Gasteiger partial charge on any atom is 0.396 e. The van der Waals surface area contributed by atoms with Gasteiger partial charge < -0.3 is 5.01 Å². The standard InChI is InChI=1S/C9H10F3N2.Y/c1-6-4-8(9(10,11)12)7(2)14(5-6)13-3;/h4,13H,2H2,1,3H3;/q-1;. The molecule has 1 aliphatic rings. The number of nitrogens with zero attached hydrogens (tertiary/aromatic N) is 1. The van der Waals surface area contributed by atoms with Gasteiger partial charge in [-0.3, -0.25) is 5.43 Å². The molecule has 81 valence electrons. The summed E-state index contributed by atoms with van der Waals surface area (Å²) in [5.41, 5.74) is 2.05. The predicted octanol–water partition coefficient (Wildman–Crippen LogP) is 2.14. The molecule has 15 heavy (non-hydrogen) atoms. The molecule has 0 unspecified atom stereocenters. The number of alkyl halides is 3. The minimum atomic E-state index is -4.38. The van der Waals surface area contributed by atoms with Crippen LogP contribution in [0.15, 0.2) is 29.5 Å². The molecule has 0 saturated carbocycles. The van der Waals surface area contributed by atoms with Crippen LogP contribution >= 0.6 is 0 Å². The van der Waals surface area contributed by atoms with E-state index in [4.69, 9.17) is 0 Å². The third-order valence-corrected chi connectivity index (χ3v) is 1.76. The molecular weight excluding hydrogens is 282 g/mol. The SMILES string of the molecule is C=C1C(C(F)(F)F)=CC(C)=[C-]N1NC.[Y]. The Labute approximate surface area is 112 Å². The first-order chi connectivity index (χ1) is 6.36. The van der Waals surface area contributed by atoms with Crippen molar-refractivity contribution in [1.82, 2.24) is 10.4 Å². The van der Waals surface area contributed by atoms with Crippen molar-refractivity contribution < 1.29 is 45.9 Å². The van der Waals surface area contributed by atoms with Gasteiger partial charge in [0.1, 0.15) is 0 Å². The van der Waals surface area contributed by atoms with Crippen molar-refractivity contribution in [2.24, 2.45) is 0 Å². The largest absolute Gasteiger partial charge is 0.396 e. The van der Waals surface area contributed by atoms with Crippen LogP contribution in [-0.4, -0.2) is 18.2 Å². The zero-order valence-corrected chi connectivity index (χ0v) is 11.3. The molecule has 0 fully saturated rings. The zero-order valence-electron chi connectivity index (χ0n) is 8.44. The van der Waals surface area contributed by atoms with Crippen LogP contribution in [0.5, 0.6) is 0 Å². The van der Waals surface area contributed by atoms with Crippen LogP contribution < -0.4 is 5.43 Å². The second kappa shape index (κ2) is 5.28. The summed E-state index contributed by atoms with van der Waals surface area (Å²) in [5, 5.41) is 1.12. The summed E-state index contributed by atoms with van der Waals surface area (Å²) in [4.78, 5) is 0. The van der Waals surface area contributed by atoms with Gasteiger partial charge >= 0.3 is 6.18 Å². The van der Waals surface area contributed by atoms with Gasteiger partial charge in [0.15, 0.2) is 0 Å². The average molecular weight is 292 g/mol. The number of halogens is 3. The van der Waals surface area contributed by atoms with Gasteiger partial charge in [0, 0.05) is 39.8 Å². The second-order valence-electron chi connectivity index (χ2n) is 2.86. The second-order valence-corrected chi connectivity index (χ2v) is 2.86. The Morgan fingerprint density at radius 2 is 2.00 bits per heavy atom. The number of hydrogen-bond acceptors (Lipinski definition) is 2. The van der Waals surface area contributed by atoms with Gasteiger partial charge in [-0.05, 0) is 11.3 Å². The Kier molecular flexibility index (Phi) is 5.23. The van der Waals surface area contributed by atoms with Crippen LogP contribution in [0.3, 0.4) is 0 Å². The van der Waals surface area contributed by atoms with Crippen molar-refractivity contribution in [3.63, 3.8) is 0 Å². The molecule has 2 nitrogen and oxygen atoms in total. The van der Waals surface area contributed by atoms with E-state index < -0.39 is 11.7 Å². The first-order valence-corrected chi connectivity index (χ1v) is 3.92. The molecule has 0 amide bonds. The fourth-order valence-corrected chi connectivity index (χ4v) is 1.13. The van der Waals surface area contributed by atoms with E-state index in [1.54, 1.807) is 6.92 Å². The Morgan fingerprint density at radius 3 is 2.40 bits per heavy atom. The van der Waals surface area contributed by atoms with E-state index in [-0.39, 0.29) is 38.4 Å². The van der Waals surface area contributed by atoms with Crippen molar-refractivity contribution in [3.8, 4) is 0 Å². The van der Waals surface area contributed by atoms with E-state index in [9.17, 15) is 13.2 Å². The molecule has 0 aromatic heterocycles. The summed E-state index contributed by atoms with van der Waals surface area (Å²) in [6.07, 6.45) is -0.675. The number of allylic oxidation sites excluding steroid dienone is 3. The molecule has 6 heteroatoms. The normalized spacial score (nSPS) is 16.9. The molecule has 0 atom stereocenters. The van der Waals surface area contributed by atoms with Crippen LogP contribution in [0.25, 0.3) is 0 Å². The van der Waals surface area contributed by atoms with E-state index in [1.165, 1.54) is 7.05 Å². The topological polar surface area (TPSA) is 15.3 Å². The molecule has 0 saturated heterocycles. The molecule has 1 radical (unpaired) electrons. The van der Waals surface area contributed by atoms with E-state index in [1.807, 2.05) is 0 Å². The van der Waals surface area contributed by atoms with Crippen LogP contribution in [-0.2, 0) is 32.7 Å². The Bertz CT molecular complexity index is 318. The first-order valence-electron chi connectivity index (χ1n) is 3.92. The van der Waals surface area contributed by atoms with E-state index in [0.717, 1.165) is 11.1 Å². The van der Waals surface area contributed by atoms with Crippen molar-refractivity contribution in [3.05, 3.63) is 35.7 Å². The Morgan fingerprint density at radius 1 is 1.47 bits per heavy atom. The van der Waals surface area contributed by atoms with Gasteiger partial charge in [-0.1, -0.05) is 13.1 Å². The quantitative estimate of drug-likeness (QED) is 0.745. The van der Waals surface area contributed by atoms with Crippen molar-refractivity contribution in [1.29, 1.82) is 0 Å². The number of hydrogen-bond donors (Lipinski definition) is 1. The molecule has 0 aromatic rings. The minimum Gasteiger partial charge on any atom is -0.392 e. The van der Waals surface area contributed by atoms with Gasteiger partial charge in [0.2, 0.25) is 0 Å². The van der Waals surface area contributed by atoms with E-state index in [2.05, 4.69) is 18.2 Å². The van der Waals surface area contributed by atoms with Gasteiger partial charge in [-0.25, -0.2) is 0 Å². The van der Waals surface area contributed by atoms with Crippen LogP contribution in [0.1, 0.15) is 6.92 Å². The summed E-state index contributed by atoms with van der Waals surface area (Å²) < 4.78 is 37.4. The zero-order chi connectivity index (χ0) is 10.9. The summed E-state index contributed by atoms with van der Waals surface area (Å²) >= 11 is 0. The molecule has 0 aromatic carbocycles. The smallest absolute Gasteiger partial charge is 0.392 e. The van der Waals surface area contributed by atoms with Gasteiger partial charge in [-0.2, -0.15) is 19.2 Å². The fraction of sp³-hybridized carbons (Fsp3) is 0.333. The summed E-state index contributed by atoms with van der Waals surface area (Å²) in [5.74, 6) is 0. The summed E-state index contributed by atoms with van der Waals surface area (Å²) in [6, 6.07) is 0. The van der Waals surface area contributed by atoms with Crippen molar-refractivity contribution in [2.45, 2.75) is 13.1 Å². The molecule has 0 bridgehead atoms. The van der Waals surface area contributed by atoms with E-state index >= 15 is 0 Å². The maximum atomic E-state index is 12.5. The minimum absolute atomic E-state index is 0. The molecule has 1 rings (SSSR count). The van der Waals surface area contributed by atoms with Crippen molar-refractivity contribution >= 4 is 0 Å². The third-order valence-electron chi connectivity index (χ3n) is 1.76. The number of rotatable bonds is 1. The molecule has 0 aliphatic carbocycles. The molecule has 0 spiro atoms. The summed E-state index contributed by atoms with van der Waals surface area (Å²) in [6.45, 7) is 4.89. The van der Waals surface area contributed by atoms with Crippen LogP contribution in [0.2, 0.25) is 0 Å².